The predicted octanol–water partition coefficient (Wildman–Crippen LogP) is 3.88. The number of nitrogens with one attached hydrogen (secondary N) is 1. The lowest BCUT2D eigenvalue weighted by molar-refractivity contribution is -0.135. The summed E-state index contributed by atoms with van der Waals surface area (Å²) in [6.07, 6.45) is 4.47. The molecule has 0 spiro atoms. The molecule has 0 bridgehead atoms. The zero-order valence-corrected chi connectivity index (χ0v) is 15.8. The molecule has 2 aromatic rings. The smallest absolute Gasteiger partial charge is 0.223 e. The van der Waals surface area contributed by atoms with Gasteiger partial charge in [0.15, 0.2) is 0 Å². The third-order valence-electron chi connectivity index (χ3n) is 5.13. The Bertz CT molecular complexity index is 731. The molecule has 3 rings (SSSR count). The molecule has 0 aromatic heterocycles. The Hall–Kier alpha value is -2.62. The summed E-state index contributed by atoms with van der Waals surface area (Å²) in [6, 6.07) is 19.8. The van der Waals surface area contributed by atoms with Crippen molar-refractivity contribution in [3.63, 3.8) is 0 Å². The van der Waals surface area contributed by atoms with Gasteiger partial charge in [-0.2, -0.15) is 0 Å². The summed E-state index contributed by atoms with van der Waals surface area (Å²) in [7, 11) is 0. The maximum Gasteiger partial charge on any atom is 0.223 e. The van der Waals surface area contributed by atoms with Gasteiger partial charge in [-0.3, -0.25) is 9.59 Å². The van der Waals surface area contributed by atoms with Crippen LogP contribution in [0.4, 0.5) is 0 Å². The van der Waals surface area contributed by atoms with E-state index in [0.717, 1.165) is 37.8 Å². The Morgan fingerprint density at radius 3 is 2.41 bits per heavy atom. The van der Waals surface area contributed by atoms with E-state index in [1.54, 1.807) is 0 Å². The Morgan fingerprint density at radius 1 is 0.963 bits per heavy atom. The highest BCUT2D eigenvalue weighted by Gasteiger charge is 2.27. The van der Waals surface area contributed by atoms with Crippen molar-refractivity contribution in [2.45, 2.75) is 44.6 Å². The van der Waals surface area contributed by atoms with E-state index < -0.39 is 0 Å². The summed E-state index contributed by atoms with van der Waals surface area (Å²) in [5, 5.41) is 2.99. The Kier molecular flexibility index (Phi) is 7.03. The molecule has 2 amide bonds. The minimum atomic E-state index is -0.201. The highest BCUT2D eigenvalue weighted by atomic mass is 16.2. The van der Waals surface area contributed by atoms with Gasteiger partial charge >= 0.3 is 0 Å². The lowest BCUT2D eigenvalue weighted by Gasteiger charge is -2.33. The highest BCUT2D eigenvalue weighted by Crippen LogP contribution is 2.26. The lowest BCUT2D eigenvalue weighted by atomic mass is 9.99. The van der Waals surface area contributed by atoms with Crippen LogP contribution in [0.2, 0.25) is 0 Å². The number of benzene rings is 2. The van der Waals surface area contributed by atoms with Gasteiger partial charge in [-0.05, 0) is 36.8 Å². The van der Waals surface area contributed by atoms with Crippen LogP contribution in [0.25, 0.3) is 0 Å². The number of hydrogen-bond donors (Lipinski definition) is 1. The average Bonchev–Trinajstić information content (AvgIpc) is 2.72. The molecule has 27 heavy (non-hydrogen) atoms. The highest BCUT2D eigenvalue weighted by molar-refractivity contribution is 5.80. The molecule has 1 unspecified atom stereocenters. The van der Waals surface area contributed by atoms with E-state index in [4.69, 9.17) is 0 Å². The molecule has 1 atom stereocenters. The number of aryl methyl sites for hydroxylation is 1. The van der Waals surface area contributed by atoms with E-state index in [9.17, 15) is 9.59 Å². The molecule has 4 nitrogen and oxygen atoms in total. The normalized spacial score (nSPS) is 18.6. The van der Waals surface area contributed by atoms with Crippen LogP contribution in [-0.2, 0) is 16.0 Å². The van der Waals surface area contributed by atoms with Crippen molar-refractivity contribution < 1.29 is 9.59 Å². The number of carbonyl (C=O) groups is 2. The second-order valence-electron chi connectivity index (χ2n) is 7.11. The van der Waals surface area contributed by atoms with Crippen molar-refractivity contribution >= 4 is 11.8 Å². The van der Waals surface area contributed by atoms with Crippen molar-refractivity contribution in [2.75, 3.05) is 13.1 Å². The predicted molar refractivity (Wildman–Crippen MR) is 107 cm³/mol. The lowest BCUT2D eigenvalue weighted by Crippen LogP contribution is -2.40. The molecule has 1 heterocycles. The maximum atomic E-state index is 13.1. The van der Waals surface area contributed by atoms with Gasteiger partial charge in [0.25, 0.3) is 0 Å². The molecular formula is C23H28N2O2. The third-order valence-corrected chi connectivity index (χ3v) is 5.13. The van der Waals surface area contributed by atoms with Crippen LogP contribution in [-0.4, -0.2) is 29.8 Å². The molecule has 0 saturated carbocycles. The van der Waals surface area contributed by atoms with Crippen LogP contribution in [0.5, 0.6) is 0 Å². The fourth-order valence-corrected chi connectivity index (χ4v) is 3.64. The second-order valence-corrected chi connectivity index (χ2v) is 7.11. The standard InChI is InChI=1S/C23H28N2O2/c26-22-18-21(20-12-6-2-7-13-20)25(17-9-3-8-16-24-22)23(27)15-14-19-10-4-1-5-11-19/h1-2,4-7,10-13,21H,3,8-9,14-18H2,(H,24,26). The molecule has 1 aliphatic heterocycles. The fraction of sp³-hybridized carbons (Fsp3) is 0.391. The number of rotatable bonds is 4. The van der Waals surface area contributed by atoms with Crippen LogP contribution >= 0.6 is 0 Å². The molecule has 1 aliphatic rings. The first kappa shape index (κ1) is 19.2. The summed E-state index contributed by atoms with van der Waals surface area (Å²) >= 11 is 0. The summed E-state index contributed by atoms with van der Waals surface area (Å²) < 4.78 is 0. The van der Waals surface area contributed by atoms with Crippen LogP contribution in [0, 0.1) is 0 Å². The van der Waals surface area contributed by atoms with E-state index in [1.807, 2.05) is 53.4 Å². The summed E-state index contributed by atoms with van der Waals surface area (Å²) in [5.74, 6) is 0.146. The summed E-state index contributed by atoms with van der Waals surface area (Å²) in [4.78, 5) is 27.4. The molecule has 4 heteroatoms. The van der Waals surface area contributed by atoms with E-state index in [0.29, 0.717) is 19.4 Å². The third kappa shape index (κ3) is 5.68. The molecule has 2 aromatic carbocycles. The molecule has 1 N–H and O–H groups in total. The first-order valence-electron chi connectivity index (χ1n) is 9.89. The molecular weight excluding hydrogens is 336 g/mol. The molecule has 142 valence electrons. The molecule has 0 aliphatic carbocycles. The van der Waals surface area contributed by atoms with Gasteiger partial charge in [-0.15, -0.1) is 0 Å². The van der Waals surface area contributed by atoms with E-state index >= 15 is 0 Å². The van der Waals surface area contributed by atoms with Crippen LogP contribution < -0.4 is 5.32 Å². The SMILES string of the molecule is O=C1CC(c2ccccc2)N(C(=O)CCc2ccccc2)CCCCCN1. The minimum absolute atomic E-state index is 0.0200. The second kappa shape index (κ2) is 9.91. The topological polar surface area (TPSA) is 49.4 Å². The fourth-order valence-electron chi connectivity index (χ4n) is 3.64. The molecule has 0 radical (unpaired) electrons. The monoisotopic (exact) mass is 364 g/mol. The first-order valence-corrected chi connectivity index (χ1v) is 9.89. The Balaban J connectivity index is 1.78. The van der Waals surface area contributed by atoms with Gasteiger partial charge < -0.3 is 10.2 Å². The van der Waals surface area contributed by atoms with E-state index in [-0.39, 0.29) is 17.9 Å². The van der Waals surface area contributed by atoms with Crippen LogP contribution in [0.1, 0.15) is 49.3 Å². The van der Waals surface area contributed by atoms with Crippen LogP contribution in [0.15, 0.2) is 60.7 Å². The van der Waals surface area contributed by atoms with E-state index in [1.165, 1.54) is 5.56 Å². The largest absolute Gasteiger partial charge is 0.356 e. The van der Waals surface area contributed by atoms with E-state index in [2.05, 4.69) is 17.4 Å². The Labute approximate surface area is 161 Å². The van der Waals surface area contributed by atoms with Gasteiger partial charge in [0.05, 0.1) is 12.5 Å². The van der Waals surface area contributed by atoms with Crippen molar-refractivity contribution in [1.82, 2.24) is 10.2 Å². The maximum absolute atomic E-state index is 13.1. The number of nitrogens with zero attached hydrogens (tertiary/aromatic N) is 1. The van der Waals surface area contributed by atoms with Gasteiger partial charge in [-0.25, -0.2) is 0 Å². The quantitative estimate of drug-likeness (QED) is 0.895. The van der Waals surface area contributed by atoms with Gasteiger partial charge in [0, 0.05) is 19.5 Å². The zero-order chi connectivity index (χ0) is 18.9. The summed E-state index contributed by atoms with van der Waals surface area (Å²) in [5.41, 5.74) is 2.20. The number of amides is 2. The zero-order valence-electron chi connectivity index (χ0n) is 15.8. The Morgan fingerprint density at radius 2 is 1.67 bits per heavy atom. The van der Waals surface area contributed by atoms with Gasteiger partial charge in [-0.1, -0.05) is 60.7 Å². The minimum Gasteiger partial charge on any atom is -0.356 e. The molecule has 1 saturated heterocycles. The number of hydrogen-bond acceptors (Lipinski definition) is 2. The average molecular weight is 364 g/mol. The first-order chi connectivity index (χ1) is 13.2. The van der Waals surface area contributed by atoms with Crippen LogP contribution in [0.3, 0.4) is 0 Å². The van der Waals surface area contributed by atoms with Gasteiger partial charge in [0.2, 0.25) is 11.8 Å². The van der Waals surface area contributed by atoms with Crippen molar-refractivity contribution in [1.29, 1.82) is 0 Å². The summed E-state index contributed by atoms with van der Waals surface area (Å²) in [6.45, 7) is 1.43. The van der Waals surface area contributed by atoms with Crippen molar-refractivity contribution in [2.24, 2.45) is 0 Å². The van der Waals surface area contributed by atoms with Gasteiger partial charge in [0.1, 0.15) is 0 Å². The van der Waals surface area contributed by atoms with Crippen molar-refractivity contribution in [3.8, 4) is 0 Å². The molecule has 1 fully saturated rings. The van der Waals surface area contributed by atoms with Crippen molar-refractivity contribution in [3.05, 3.63) is 71.8 Å². The number of carbonyl (C=O) groups excluding carboxylic acids is 2.